The lowest BCUT2D eigenvalue weighted by atomic mass is 10.1. The maximum Gasteiger partial charge on any atom is 0.332 e. The molecule has 0 amide bonds. The van der Waals surface area contributed by atoms with Crippen LogP contribution in [0.25, 0.3) is 28.6 Å². The van der Waals surface area contributed by atoms with Gasteiger partial charge in [0.05, 0.1) is 6.61 Å². The molecule has 1 N–H and O–H groups in total. The van der Waals surface area contributed by atoms with Crippen LogP contribution in [0.1, 0.15) is 39.2 Å². The SMILES string of the molecule is CCCn1c(=O)c2[nH]c(-c3ccc(/C=C/C(=O)OCC)cc3)nc2n(CCC)c1=O. The molecule has 3 rings (SSSR count). The Morgan fingerprint density at radius 2 is 1.73 bits per heavy atom. The van der Waals surface area contributed by atoms with Gasteiger partial charge in [-0.15, -0.1) is 0 Å². The smallest absolute Gasteiger partial charge is 0.332 e. The number of imidazole rings is 1. The summed E-state index contributed by atoms with van der Waals surface area (Å²) in [4.78, 5) is 44.7. The lowest BCUT2D eigenvalue weighted by molar-refractivity contribution is -0.137. The Bertz CT molecular complexity index is 1180. The number of esters is 1. The lowest BCUT2D eigenvalue weighted by Gasteiger charge is -2.09. The van der Waals surface area contributed by atoms with E-state index in [9.17, 15) is 14.4 Å². The van der Waals surface area contributed by atoms with E-state index in [-0.39, 0.29) is 11.2 Å². The van der Waals surface area contributed by atoms with Gasteiger partial charge in [-0.25, -0.2) is 14.6 Å². The number of nitrogens with zero attached hydrogens (tertiary/aromatic N) is 3. The van der Waals surface area contributed by atoms with E-state index in [1.165, 1.54) is 10.6 Å². The van der Waals surface area contributed by atoms with Crippen LogP contribution in [0.15, 0.2) is 39.9 Å². The van der Waals surface area contributed by atoms with E-state index >= 15 is 0 Å². The highest BCUT2D eigenvalue weighted by Crippen LogP contribution is 2.19. The van der Waals surface area contributed by atoms with Gasteiger partial charge in [-0.1, -0.05) is 38.1 Å². The molecule has 8 nitrogen and oxygen atoms in total. The van der Waals surface area contributed by atoms with Crippen molar-refractivity contribution in [3.05, 3.63) is 56.7 Å². The third-order valence-corrected chi connectivity index (χ3v) is 4.64. The molecular weight excluding hydrogens is 384 g/mol. The average Bonchev–Trinajstić information content (AvgIpc) is 3.19. The minimum Gasteiger partial charge on any atom is -0.463 e. The minimum atomic E-state index is -0.392. The molecule has 0 aliphatic rings. The molecule has 0 saturated heterocycles. The van der Waals surface area contributed by atoms with Crippen LogP contribution in [0, 0.1) is 0 Å². The average molecular weight is 410 g/mol. The summed E-state index contributed by atoms with van der Waals surface area (Å²) >= 11 is 0. The summed E-state index contributed by atoms with van der Waals surface area (Å²) in [7, 11) is 0. The first-order valence-electron chi connectivity index (χ1n) is 10.2. The fourth-order valence-corrected chi connectivity index (χ4v) is 3.26. The second kappa shape index (κ2) is 9.39. The maximum atomic E-state index is 12.8. The Balaban J connectivity index is 2.02. The predicted octanol–water partition coefficient (Wildman–Crippen LogP) is 2.95. The van der Waals surface area contributed by atoms with Crippen molar-refractivity contribution in [2.75, 3.05) is 6.61 Å². The van der Waals surface area contributed by atoms with E-state index in [2.05, 4.69) is 9.97 Å². The molecule has 0 fully saturated rings. The summed E-state index contributed by atoms with van der Waals surface area (Å²) in [6, 6.07) is 7.37. The minimum absolute atomic E-state index is 0.325. The fourth-order valence-electron chi connectivity index (χ4n) is 3.26. The summed E-state index contributed by atoms with van der Waals surface area (Å²) in [5.74, 6) is 0.123. The molecule has 0 radical (unpaired) electrons. The monoisotopic (exact) mass is 410 g/mol. The van der Waals surface area contributed by atoms with Crippen molar-refractivity contribution >= 4 is 23.2 Å². The molecule has 8 heteroatoms. The van der Waals surface area contributed by atoms with Gasteiger partial charge in [-0.05, 0) is 31.4 Å². The summed E-state index contributed by atoms with van der Waals surface area (Å²) in [5.41, 5.74) is 1.64. The van der Waals surface area contributed by atoms with Crippen LogP contribution >= 0.6 is 0 Å². The molecule has 1 aromatic carbocycles. The second-order valence-corrected chi connectivity index (χ2v) is 6.88. The van der Waals surface area contributed by atoms with Gasteiger partial charge in [-0.2, -0.15) is 0 Å². The van der Waals surface area contributed by atoms with Gasteiger partial charge < -0.3 is 9.72 Å². The zero-order valence-corrected chi connectivity index (χ0v) is 17.5. The van der Waals surface area contributed by atoms with E-state index in [0.717, 1.165) is 17.5 Å². The zero-order valence-electron chi connectivity index (χ0n) is 17.5. The van der Waals surface area contributed by atoms with Crippen LogP contribution in [0.4, 0.5) is 0 Å². The van der Waals surface area contributed by atoms with Crippen LogP contribution in [0.3, 0.4) is 0 Å². The van der Waals surface area contributed by atoms with Crippen LogP contribution < -0.4 is 11.2 Å². The van der Waals surface area contributed by atoms with Gasteiger partial charge in [0.15, 0.2) is 5.65 Å². The topological polar surface area (TPSA) is 99.0 Å². The molecule has 0 aliphatic carbocycles. The number of ether oxygens (including phenoxy) is 1. The molecule has 2 aromatic heterocycles. The highest BCUT2D eigenvalue weighted by molar-refractivity contribution is 5.87. The molecule has 0 saturated carbocycles. The predicted molar refractivity (Wildman–Crippen MR) is 116 cm³/mol. The zero-order chi connectivity index (χ0) is 21.7. The van der Waals surface area contributed by atoms with Crippen molar-refractivity contribution in [1.29, 1.82) is 0 Å². The van der Waals surface area contributed by atoms with E-state index in [1.807, 2.05) is 38.1 Å². The number of nitrogens with one attached hydrogen (secondary N) is 1. The van der Waals surface area contributed by atoms with Crippen LogP contribution in [0.5, 0.6) is 0 Å². The Kier molecular flexibility index (Phi) is 6.66. The van der Waals surface area contributed by atoms with Crippen LogP contribution in [-0.4, -0.2) is 31.7 Å². The van der Waals surface area contributed by atoms with Crippen molar-refractivity contribution in [2.45, 2.75) is 46.7 Å². The Morgan fingerprint density at radius 1 is 1.07 bits per heavy atom. The molecule has 0 spiro atoms. The third-order valence-electron chi connectivity index (χ3n) is 4.64. The summed E-state index contributed by atoms with van der Waals surface area (Å²) in [5, 5.41) is 0. The first kappa shape index (κ1) is 21.3. The van der Waals surface area contributed by atoms with E-state index < -0.39 is 5.97 Å². The number of aromatic amines is 1. The quantitative estimate of drug-likeness (QED) is 0.455. The molecule has 2 heterocycles. The molecule has 30 heavy (non-hydrogen) atoms. The Morgan fingerprint density at radius 3 is 2.37 bits per heavy atom. The molecule has 0 unspecified atom stereocenters. The molecular formula is C22H26N4O4. The summed E-state index contributed by atoms with van der Waals surface area (Å²) in [6.45, 7) is 6.84. The summed E-state index contributed by atoms with van der Waals surface area (Å²) < 4.78 is 7.69. The standard InChI is InChI=1S/C22H26N4O4/c1-4-13-25-20-18(21(28)26(14-5-2)22(25)29)23-19(24-20)16-10-7-15(8-11-16)9-12-17(27)30-6-3/h7-12H,4-6,13-14H2,1-3H3,(H,23,24)/b12-9+. The number of hydrogen-bond acceptors (Lipinski definition) is 5. The van der Waals surface area contributed by atoms with E-state index in [1.54, 1.807) is 17.6 Å². The van der Waals surface area contributed by atoms with Crippen molar-refractivity contribution in [3.8, 4) is 11.4 Å². The molecule has 158 valence electrons. The van der Waals surface area contributed by atoms with Crippen molar-refractivity contribution in [1.82, 2.24) is 19.1 Å². The van der Waals surface area contributed by atoms with Gasteiger partial charge in [0.2, 0.25) is 0 Å². The first-order valence-corrected chi connectivity index (χ1v) is 10.2. The number of fused-ring (bicyclic) bond motifs is 1. The second-order valence-electron chi connectivity index (χ2n) is 6.88. The Labute approximate surface area is 173 Å². The fraction of sp³-hybridized carbons (Fsp3) is 0.364. The summed E-state index contributed by atoms with van der Waals surface area (Å²) in [6.07, 6.45) is 4.49. The van der Waals surface area contributed by atoms with Gasteiger partial charge in [0.1, 0.15) is 11.3 Å². The number of aryl methyl sites for hydroxylation is 1. The molecule has 0 bridgehead atoms. The normalized spacial score (nSPS) is 11.4. The maximum absolute atomic E-state index is 12.8. The molecule has 0 aliphatic heterocycles. The van der Waals surface area contributed by atoms with Gasteiger partial charge in [0.25, 0.3) is 5.56 Å². The van der Waals surface area contributed by atoms with Gasteiger partial charge in [0, 0.05) is 24.7 Å². The molecule has 0 atom stereocenters. The van der Waals surface area contributed by atoms with Crippen LogP contribution in [0.2, 0.25) is 0 Å². The number of hydrogen-bond donors (Lipinski definition) is 1. The number of carbonyl (C=O) groups is 1. The van der Waals surface area contributed by atoms with Crippen molar-refractivity contribution < 1.29 is 9.53 Å². The number of carbonyl (C=O) groups excluding carboxylic acids is 1. The number of rotatable bonds is 8. The first-order chi connectivity index (χ1) is 14.5. The van der Waals surface area contributed by atoms with Crippen LogP contribution in [-0.2, 0) is 22.6 Å². The lowest BCUT2D eigenvalue weighted by Crippen LogP contribution is -2.40. The highest BCUT2D eigenvalue weighted by Gasteiger charge is 2.17. The number of benzene rings is 1. The van der Waals surface area contributed by atoms with Gasteiger partial charge in [-0.3, -0.25) is 13.9 Å². The number of H-pyrrole nitrogens is 1. The molecule has 3 aromatic rings. The third kappa shape index (κ3) is 4.27. The van der Waals surface area contributed by atoms with Gasteiger partial charge >= 0.3 is 11.7 Å². The van der Waals surface area contributed by atoms with E-state index in [4.69, 9.17) is 4.74 Å². The largest absolute Gasteiger partial charge is 0.463 e. The van der Waals surface area contributed by atoms with E-state index in [0.29, 0.717) is 43.1 Å². The Hall–Kier alpha value is -3.42. The van der Waals surface area contributed by atoms with Crippen molar-refractivity contribution in [3.63, 3.8) is 0 Å². The van der Waals surface area contributed by atoms with Crippen molar-refractivity contribution in [2.24, 2.45) is 0 Å². The highest BCUT2D eigenvalue weighted by atomic mass is 16.5. The number of aromatic nitrogens is 4.